The van der Waals surface area contributed by atoms with Gasteiger partial charge in [-0.3, -0.25) is 0 Å². The standard InChI is InChI=1S/C18H23NO2/c1-4-21-18(14-8-6-5-7-9-14)17-11-10-16(20-3)12-15(17)13-19-2/h5-12,18-19H,4,13H2,1-3H3. The number of hydrogen-bond donors (Lipinski definition) is 1. The first-order valence-corrected chi connectivity index (χ1v) is 7.28. The summed E-state index contributed by atoms with van der Waals surface area (Å²) in [5.41, 5.74) is 3.54. The van der Waals surface area contributed by atoms with E-state index in [1.54, 1.807) is 7.11 Å². The fourth-order valence-corrected chi connectivity index (χ4v) is 2.47. The van der Waals surface area contributed by atoms with Gasteiger partial charge in [0.25, 0.3) is 0 Å². The van der Waals surface area contributed by atoms with Gasteiger partial charge in [-0.15, -0.1) is 0 Å². The van der Waals surface area contributed by atoms with Crippen molar-refractivity contribution in [2.24, 2.45) is 0 Å². The molecule has 1 unspecified atom stereocenters. The lowest BCUT2D eigenvalue weighted by molar-refractivity contribution is 0.0906. The Kier molecular flexibility index (Phi) is 5.78. The van der Waals surface area contributed by atoms with Crippen molar-refractivity contribution in [2.75, 3.05) is 20.8 Å². The summed E-state index contributed by atoms with van der Waals surface area (Å²) >= 11 is 0. The highest BCUT2D eigenvalue weighted by Gasteiger charge is 2.18. The first-order chi connectivity index (χ1) is 10.3. The second-order valence-electron chi connectivity index (χ2n) is 4.84. The monoisotopic (exact) mass is 285 g/mol. The summed E-state index contributed by atoms with van der Waals surface area (Å²) in [5.74, 6) is 0.868. The number of ether oxygens (including phenoxy) is 2. The van der Waals surface area contributed by atoms with Crippen LogP contribution in [0.5, 0.6) is 5.75 Å². The fourth-order valence-electron chi connectivity index (χ4n) is 2.47. The van der Waals surface area contributed by atoms with Crippen molar-refractivity contribution in [3.63, 3.8) is 0 Å². The zero-order chi connectivity index (χ0) is 15.1. The first-order valence-electron chi connectivity index (χ1n) is 7.28. The first kappa shape index (κ1) is 15.5. The van der Waals surface area contributed by atoms with Gasteiger partial charge in [-0.05, 0) is 42.8 Å². The molecule has 0 bridgehead atoms. The van der Waals surface area contributed by atoms with Crippen LogP contribution in [-0.4, -0.2) is 20.8 Å². The summed E-state index contributed by atoms with van der Waals surface area (Å²) in [6.45, 7) is 3.48. The summed E-state index contributed by atoms with van der Waals surface area (Å²) in [4.78, 5) is 0. The van der Waals surface area contributed by atoms with Gasteiger partial charge >= 0.3 is 0 Å². The van der Waals surface area contributed by atoms with Crippen LogP contribution in [-0.2, 0) is 11.3 Å². The third-order valence-corrected chi connectivity index (χ3v) is 3.44. The molecule has 3 nitrogen and oxygen atoms in total. The highest BCUT2D eigenvalue weighted by molar-refractivity contribution is 5.41. The van der Waals surface area contributed by atoms with E-state index in [-0.39, 0.29) is 6.10 Å². The SMILES string of the molecule is CCOC(c1ccccc1)c1ccc(OC)cc1CNC. The summed E-state index contributed by atoms with van der Waals surface area (Å²) < 4.78 is 11.3. The second-order valence-corrected chi connectivity index (χ2v) is 4.84. The third-order valence-electron chi connectivity index (χ3n) is 3.44. The molecule has 112 valence electrons. The van der Waals surface area contributed by atoms with E-state index >= 15 is 0 Å². The van der Waals surface area contributed by atoms with E-state index in [0.29, 0.717) is 6.61 Å². The number of benzene rings is 2. The quantitative estimate of drug-likeness (QED) is 0.844. The molecule has 0 heterocycles. The van der Waals surface area contributed by atoms with Gasteiger partial charge in [0.2, 0.25) is 0 Å². The van der Waals surface area contributed by atoms with E-state index in [1.807, 2.05) is 38.2 Å². The molecule has 0 amide bonds. The average Bonchev–Trinajstić information content (AvgIpc) is 2.54. The van der Waals surface area contributed by atoms with E-state index in [4.69, 9.17) is 9.47 Å². The Hall–Kier alpha value is -1.84. The second kappa shape index (κ2) is 7.81. The van der Waals surface area contributed by atoms with E-state index in [2.05, 4.69) is 29.6 Å². The van der Waals surface area contributed by atoms with Crippen LogP contribution in [0.3, 0.4) is 0 Å². The highest BCUT2D eigenvalue weighted by Crippen LogP contribution is 2.30. The van der Waals surface area contributed by atoms with Gasteiger partial charge in [0.1, 0.15) is 11.9 Å². The lowest BCUT2D eigenvalue weighted by Crippen LogP contribution is -2.13. The summed E-state index contributed by atoms with van der Waals surface area (Å²) in [6.07, 6.45) is -0.0505. The smallest absolute Gasteiger partial charge is 0.119 e. The van der Waals surface area contributed by atoms with Crippen LogP contribution in [0.1, 0.15) is 29.7 Å². The molecule has 1 atom stereocenters. The Bertz CT molecular complexity index is 554. The minimum atomic E-state index is -0.0505. The number of rotatable bonds is 7. The van der Waals surface area contributed by atoms with Crippen LogP contribution in [0.25, 0.3) is 0 Å². The van der Waals surface area contributed by atoms with Gasteiger partial charge in [-0.1, -0.05) is 36.4 Å². The minimum absolute atomic E-state index is 0.0505. The molecule has 0 aromatic heterocycles. The van der Waals surface area contributed by atoms with Crippen LogP contribution in [0.4, 0.5) is 0 Å². The van der Waals surface area contributed by atoms with Crippen molar-refractivity contribution in [3.05, 3.63) is 65.2 Å². The topological polar surface area (TPSA) is 30.5 Å². The highest BCUT2D eigenvalue weighted by atomic mass is 16.5. The summed E-state index contributed by atoms with van der Waals surface area (Å²) in [7, 11) is 3.64. The molecule has 0 aliphatic heterocycles. The molecule has 0 aliphatic rings. The summed E-state index contributed by atoms with van der Waals surface area (Å²) in [6, 6.07) is 16.5. The van der Waals surface area contributed by atoms with Gasteiger partial charge in [0.15, 0.2) is 0 Å². The fraction of sp³-hybridized carbons (Fsp3) is 0.333. The van der Waals surface area contributed by atoms with Crippen molar-refractivity contribution < 1.29 is 9.47 Å². The molecule has 0 fully saturated rings. The summed E-state index contributed by atoms with van der Waals surface area (Å²) in [5, 5.41) is 3.21. The van der Waals surface area contributed by atoms with Crippen molar-refractivity contribution in [2.45, 2.75) is 19.6 Å². The Balaban J connectivity index is 2.44. The minimum Gasteiger partial charge on any atom is -0.497 e. The maximum absolute atomic E-state index is 6.01. The maximum Gasteiger partial charge on any atom is 0.119 e. The van der Waals surface area contributed by atoms with Crippen molar-refractivity contribution in [3.8, 4) is 5.75 Å². The molecular weight excluding hydrogens is 262 g/mol. The van der Waals surface area contributed by atoms with Crippen LogP contribution < -0.4 is 10.1 Å². The molecule has 0 saturated carbocycles. The normalized spacial score (nSPS) is 12.1. The van der Waals surface area contributed by atoms with Crippen LogP contribution in [0, 0.1) is 0 Å². The van der Waals surface area contributed by atoms with Crippen molar-refractivity contribution >= 4 is 0 Å². The third kappa shape index (κ3) is 3.84. The van der Waals surface area contributed by atoms with E-state index in [1.165, 1.54) is 16.7 Å². The molecule has 0 saturated heterocycles. The molecule has 21 heavy (non-hydrogen) atoms. The van der Waals surface area contributed by atoms with Gasteiger partial charge in [0.05, 0.1) is 7.11 Å². The van der Waals surface area contributed by atoms with Gasteiger partial charge < -0.3 is 14.8 Å². The Morgan fingerprint density at radius 2 is 1.86 bits per heavy atom. The van der Waals surface area contributed by atoms with Gasteiger partial charge in [0, 0.05) is 13.2 Å². The molecule has 3 heteroatoms. The Labute approximate surface area is 126 Å². The zero-order valence-electron chi connectivity index (χ0n) is 12.9. The van der Waals surface area contributed by atoms with E-state index < -0.39 is 0 Å². The molecule has 2 aromatic carbocycles. The lowest BCUT2D eigenvalue weighted by Gasteiger charge is -2.21. The van der Waals surface area contributed by atoms with Crippen LogP contribution in [0.2, 0.25) is 0 Å². The molecule has 0 radical (unpaired) electrons. The van der Waals surface area contributed by atoms with E-state index in [9.17, 15) is 0 Å². The molecule has 0 spiro atoms. The number of nitrogens with one attached hydrogen (secondary N) is 1. The molecular formula is C18H23NO2. The molecule has 2 aromatic rings. The predicted octanol–water partition coefficient (Wildman–Crippen LogP) is 3.54. The molecule has 0 aliphatic carbocycles. The number of methoxy groups -OCH3 is 1. The Morgan fingerprint density at radius 3 is 2.48 bits per heavy atom. The van der Waals surface area contributed by atoms with Crippen molar-refractivity contribution in [1.82, 2.24) is 5.32 Å². The van der Waals surface area contributed by atoms with Crippen LogP contribution >= 0.6 is 0 Å². The maximum atomic E-state index is 6.01. The largest absolute Gasteiger partial charge is 0.497 e. The van der Waals surface area contributed by atoms with Gasteiger partial charge in [-0.2, -0.15) is 0 Å². The van der Waals surface area contributed by atoms with E-state index in [0.717, 1.165) is 12.3 Å². The zero-order valence-corrected chi connectivity index (χ0v) is 12.9. The molecule has 1 N–H and O–H groups in total. The van der Waals surface area contributed by atoms with Crippen LogP contribution in [0.15, 0.2) is 48.5 Å². The predicted molar refractivity (Wildman–Crippen MR) is 85.7 cm³/mol. The van der Waals surface area contributed by atoms with Crippen molar-refractivity contribution in [1.29, 1.82) is 0 Å². The van der Waals surface area contributed by atoms with Gasteiger partial charge in [-0.25, -0.2) is 0 Å². The average molecular weight is 285 g/mol. The molecule has 2 rings (SSSR count). The Morgan fingerprint density at radius 1 is 1.10 bits per heavy atom. The lowest BCUT2D eigenvalue weighted by atomic mass is 9.96. The number of hydrogen-bond acceptors (Lipinski definition) is 3.